The Bertz CT molecular complexity index is 840. The van der Waals surface area contributed by atoms with Crippen LogP contribution in [-0.2, 0) is 9.59 Å². The molecule has 1 atom stereocenters. The molecule has 0 saturated carbocycles. The van der Waals surface area contributed by atoms with E-state index in [9.17, 15) is 14.0 Å². The number of amides is 2. The van der Waals surface area contributed by atoms with Crippen molar-refractivity contribution in [2.45, 2.75) is 38.1 Å². The van der Waals surface area contributed by atoms with E-state index in [0.29, 0.717) is 11.6 Å². The average molecular weight is 366 g/mol. The van der Waals surface area contributed by atoms with Crippen LogP contribution in [0.15, 0.2) is 48.5 Å². The molecule has 0 aliphatic carbocycles. The van der Waals surface area contributed by atoms with E-state index in [1.807, 2.05) is 43.3 Å². The molecule has 0 N–H and O–H groups in total. The number of carbonyl (C=O) groups is 2. The Balaban J connectivity index is 1.43. The number of anilines is 1. The SMILES string of the molecule is Cc1ccc(N2C(=O)C[C@H](N3CCC(c4ccc(F)cc4)CC3)C2=O)cc1. The minimum atomic E-state index is -0.368. The maximum Gasteiger partial charge on any atom is 0.251 e. The second-order valence-corrected chi connectivity index (χ2v) is 7.48. The van der Waals surface area contributed by atoms with Crippen molar-refractivity contribution >= 4 is 17.5 Å². The van der Waals surface area contributed by atoms with Crippen molar-refractivity contribution in [1.82, 2.24) is 4.90 Å². The highest BCUT2D eigenvalue weighted by Crippen LogP contribution is 2.32. The first-order valence-corrected chi connectivity index (χ1v) is 9.46. The number of carbonyl (C=O) groups excluding carboxylic acids is 2. The standard InChI is InChI=1S/C22H23FN2O2/c1-15-2-8-19(9-3-15)25-21(26)14-20(22(25)27)24-12-10-17(11-13-24)16-4-6-18(23)7-5-16/h2-9,17,20H,10-14H2,1H3/t20-/m0/s1. The molecule has 2 aromatic rings. The van der Waals surface area contributed by atoms with Gasteiger partial charge in [0.25, 0.3) is 5.91 Å². The molecule has 27 heavy (non-hydrogen) atoms. The molecule has 5 heteroatoms. The molecule has 0 spiro atoms. The molecule has 2 saturated heterocycles. The van der Waals surface area contributed by atoms with E-state index in [1.165, 1.54) is 17.0 Å². The van der Waals surface area contributed by atoms with E-state index in [-0.39, 0.29) is 30.1 Å². The van der Waals surface area contributed by atoms with Crippen molar-refractivity contribution in [3.8, 4) is 0 Å². The third-order valence-electron chi connectivity index (χ3n) is 5.73. The second-order valence-electron chi connectivity index (χ2n) is 7.48. The van der Waals surface area contributed by atoms with Gasteiger partial charge in [0.15, 0.2) is 0 Å². The normalized spacial score (nSPS) is 21.9. The first kappa shape index (κ1) is 17.9. The molecule has 2 aliphatic rings. The maximum absolute atomic E-state index is 13.1. The van der Waals surface area contributed by atoms with Crippen LogP contribution in [-0.4, -0.2) is 35.8 Å². The van der Waals surface area contributed by atoms with Crippen LogP contribution in [0.4, 0.5) is 10.1 Å². The van der Waals surface area contributed by atoms with Gasteiger partial charge in [-0.15, -0.1) is 0 Å². The molecule has 2 aromatic carbocycles. The summed E-state index contributed by atoms with van der Waals surface area (Å²) >= 11 is 0. The van der Waals surface area contributed by atoms with Crippen LogP contribution in [0.3, 0.4) is 0 Å². The number of imide groups is 1. The number of likely N-dealkylation sites (tertiary alicyclic amines) is 1. The van der Waals surface area contributed by atoms with Crippen molar-refractivity contribution in [3.05, 3.63) is 65.5 Å². The number of aryl methyl sites for hydroxylation is 1. The largest absolute Gasteiger partial charge is 0.291 e. The van der Waals surface area contributed by atoms with Crippen LogP contribution in [0.2, 0.25) is 0 Å². The summed E-state index contributed by atoms with van der Waals surface area (Å²) < 4.78 is 13.1. The zero-order chi connectivity index (χ0) is 19.0. The van der Waals surface area contributed by atoms with E-state index in [0.717, 1.165) is 37.1 Å². The van der Waals surface area contributed by atoms with Crippen LogP contribution in [0.1, 0.15) is 36.3 Å². The lowest BCUT2D eigenvalue weighted by atomic mass is 9.89. The summed E-state index contributed by atoms with van der Waals surface area (Å²) in [6.45, 7) is 3.52. The lowest BCUT2D eigenvalue weighted by molar-refractivity contribution is -0.123. The highest BCUT2D eigenvalue weighted by molar-refractivity contribution is 6.22. The Labute approximate surface area is 158 Å². The molecule has 0 unspecified atom stereocenters. The Kier molecular flexibility index (Phi) is 4.79. The van der Waals surface area contributed by atoms with Gasteiger partial charge in [-0.3, -0.25) is 14.5 Å². The summed E-state index contributed by atoms with van der Waals surface area (Å²) in [5, 5.41) is 0. The molecular formula is C22H23FN2O2. The fraction of sp³-hybridized carbons (Fsp3) is 0.364. The minimum absolute atomic E-state index is 0.121. The van der Waals surface area contributed by atoms with Gasteiger partial charge in [-0.2, -0.15) is 0 Å². The fourth-order valence-corrected chi connectivity index (χ4v) is 4.15. The van der Waals surface area contributed by atoms with E-state index in [1.54, 1.807) is 0 Å². The van der Waals surface area contributed by atoms with Gasteiger partial charge in [-0.1, -0.05) is 29.8 Å². The lowest BCUT2D eigenvalue weighted by Crippen LogP contribution is -2.45. The highest BCUT2D eigenvalue weighted by atomic mass is 19.1. The van der Waals surface area contributed by atoms with Crippen molar-refractivity contribution in [3.63, 3.8) is 0 Å². The van der Waals surface area contributed by atoms with Crippen molar-refractivity contribution in [1.29, 1.82) is 0 Å². The van der Waals surface area contributed by atoms with E-state index < -0.39 is 0 Å². The van der Waals surface area contributed by atoms with Gasteiger partial charge in [0.1, 0.15) is 5.82 Å². The molecule has 0 aromatic heterocycles. The third-order valence-corrected chi connectivity index (χ3v) is 5.73. The zero-order valence-electron chi connectivity index (χ0n) is 15.4. The van der Waals surface area contributed by atoms with Crippen LogP contribution >= 0.6 is 0 Å². The topological polar surface area (TPSA) is 40.6 Å². The van der Waals surface area contributed by atoms with Crippen molar-refractivity contribution < 1.29 is 14.0 Å². The lowest BCUT2D eigenvalue weighted by Gasteiger charge is -2.35. The van der Waals surface area contributed by atoms with E-state index in [2.05, 4.69) is 4.90 Å². The third kappa shape index (κ3) is 3.52. The van der Waals surface area contributed by atoms with Gasteiger partial charge in [0.05, 0.1) is 18.2 Å². The first-order chi connectivity index (χ1) is 13.0. The van der Waals surface area contributed by atoms with Gasteiger partial charge >= 0.3 is 0 Å². The first-order valence-electron chi connectivity index (χ1n) is 9.46. The summed E-state index contributed by atoms with van der Waals surface area (Å²) in [6, 6.07) is 13.8. The smallest absolute Gasteiger partial charge is 0.251 e. The number of rotatable bonds is 3. The van der Waals surface area contributed by atoms with Crippen molar-refractivity contribution in [2.75, 3.05) is 18.0 Å². The van der Waals surface area contributed by atoms with Crippen LogP contribution in [0.5, 0.6) is 0 Å². The molecule has 140 valence electrons. The van der Waals surface area contributed by atoms with Gasteiger partial charge in [-0.25, -0.2) is 9.29 Å². The number of hydrogen-bond acceptors (Lipinski definition) is 3. The van der Waals surface area contributed by atoms with Crippen LogP contribution < -0.4 is 4.90 Å². The number of hydrogen-bond donors (Lipinski definition) is 0. The molecule has 2 amide bonds. The molecule has 4 nitrogen and oxygen atoms in total. The molecule has 2 fully saturated rings. The number of benzene rings is 2. The summed E-state index contributed by atoms with van der Waals surface area (Å²) in [5.74, 6) is -0.0942. The van der Waals surface area contributed by atoms with Gasteiger partial charge in [0, 0.05) is 0 Å². The zero-order valence-corrected chi connectivity index (χ0v) is 15.4. The number of nitrogens with zero attached hydrogens (tertiary/aromatic N) is 2. The molecule has 0 radical (unpaired) electrons. The van der Waals surface area contributed by atoms with Gasteiger partial charge in [0.2, 0.25) is 5.91 Å². The van der Waals surface area contributed by atoms with Crippen LogP contribution in [0, 0.1) is 12.7 Å². The maximum atomic E-state index is 13.1. The average Bonchev–Trinajstić information content (AvgIpc) is 2.98. The molecule has 2 heterocycles. The Hall–Kier alpha value is -2.53. The van der Waals surface area contributed by atoms with E-state index in [4.69, 9.17) is 0 Å². The Morgan fingerprint density at radius 2 is 1.56 bits per heavy atom. The Morgan fingerprint density at radius 3 is 2.19 bits per heavy atom. The number of piperidine rings is 1. The summed E-state index contributed by atoms with van der Waals surface area (Å²) in [4.78, 5) is 28.9. The fourth-order valence-electron chi connectivity index (χ4n) is 4.15. The predicted molar refractivity (Wildman–Crippen MR) is 102 cm³/mol. The number of halogens is 1. The molecule has 4 rings (SSSR count). The minimum Gasteiger partial charge on any atom is -0.291 e. The van der Waals surface area contributed by atoms with Crippen molar-refractivity contribution in [2.24, 2.45) is 0 Å². The van der Waals surface area contributed by atoms with Crippen LogP contribution in [0.25, 0.3) is 0 Å². The summed E-state index contributed by atoms with van der Waals surface area (Å²) in [5.41, 5.74) is 2.89. The Morgan fingerprint density at radius 1 is 0.926 bits per heavy atom. The highest BCUT2D eigenvalue weighted by Gasteiger charge is 2.43. The second kappa shape index (κ2) is 7.24. The summed E-state index contributed by atoms with van der Waals surface area (Å²) in [7, 11) is 0. The molecular weight excluding hydrogens is 343 g/mol. The monoisotopic (exact) mass is 366 g/mol. The predicted octanol–water partition coefficient (Wildman–Crippen LogP) is 3.65. The quantitative estimate of drug-likeness (QED) is 0.779. The summed E-state index contributed by atoms with van der Waals surface area (Å²) in [6.07, 6.45) is 2.07. The molecule has 2 aliphatic heterocycles. The van der Waals surface area contributed by atoms with Gasteiger partial charge in [-0.05, 0) is 68.6 Å². The van der Waals surface area contributed by atoms with Gasteiger partial charge < -0.3 is 0 Å². The molecule has 0 bridgehead atoms. The van der Waals surface area contributed by atoms with E-state index >= 15 is 0 Å².